The van der Waals surface area contributed by atoms with Gasteiger partial charge in [-0.2, -0.15) is 0 Å². The molecule has 1 saturated carbocycles. The number of nitrogens with one attached hydrogen (secondary N) is 1. The second-order valence-corrected chi connectivity index (χ2v) is 7.59. The number of carbonyl (C=O) groups excluding carboxylic acids is 2. The van der Waals surface area contributed by atoms with Gasteiger partial charge in [-0.15, -0.1) is 0 Å². The lowest BCUT2D eigenvalue weighted by Gasteiger charge is -2.51. The lowest BCUT2D eigenvalue weighted by Crippen LogP contribution is -2.66. The van der Waals surface area contributed by atoms with Crippen molar-refractivity contribution in [1.29, 1.82) is 0 Å². The second-order valence-electron chi connectivity index (χ2n) is 7.59. The number of ketones is 1. The van der Waals surface area contributed by atoms with Gasteiger partial charge in [-0.1, -0.05) is 18.2 Å². The highest BCUT2D eigenvalue weighted by atomic mass is 16.5. The first-order chi connectivity index (χ1) is 11.7. The molecule has 4 aliphatic rings. The smallest absolute Gasteiger partial charge is 0.318 e. The summed E-state index contributed by atoms with van der Waals surface area (Å²) in [5.41, 5.74) is 2.22. The summed E-state index contributed by atoms with van der Waals surface area (Å²) >= 11 is 0. The molecule has 1 aromatic carbocycles. The Labute approximate surface area is 141 Å². The van der Waals surface area contributed by atoms with Crippen LogP contribution in [0.1, 0.15) is 24.8 Å². The van der Waals surface area contributed by atoms with Gasteiger partial charge >= 0.3 is 5.97 Å². The highest BCUT2D eigenvalue weighted by molar-refractivity contribution is 6.04. The van der Waals surface area contributed by atoms with Crippen LogP contribution in [0.3, 0.4) is 0 Å². The predicted molar refractivity (Wildman–Crippen MR) is 88.7 cm³/mol. The molecule has 3 aliphatic heterocycles. The van der Waals surface area contributed by atoms with Gasteiger partial charge in [0.25, 0.3) is 0 Å². The quantitative estimate of drug-likeness (QED) is 0.627. The highest BCUT2D eigenvalue weighted by Gasteiger charge is 2.68. The summed E-state index contributed by atoms with van der Waals surface area (Å²) in [7, 11) is 1.39. The average Bonchev–Trinajstić information content (AvgIpc) is 3.16. The van der Waals surface area contributed by atoms with Crippen LogP contribution in [0.15, 0.2) is 24.3 Å². The minimum Gasteiger partial charge on any atom is -0.468 e. The van der Waals surface area contributed by atoms with E-state index in [0.717, 1.165) is 38.0 Å². The highest BCUT2D eigenvalue weighted by Crippen LogP contribution is 2.59. The van der Waals surface area contributed by atoms with E-state index in [1.54, 1.807) is 0 Å². The Morgan fingerprint density at radius 2 is 2.17 bits per heavy atom. The fourth-order valence-electron chi connectivity index (χ4n) is 6.04. The van der Waals surface area contributed by atoms with E-state index in [1.807, 2.05) is 6.07 Å². The summed E-state index contributed by atoms with van der Waals surface area (Å²) in [5.74, 6) is -1.04. The number of carbonyl (C=O) groups is 2. The number of hydrogen-bond donors (Lipinski definition) is 1. The molecule has 3 heterocycles. The lowest BCUT2D eigenvalue weighted by molar-refractivity contribution is -0.156. The lowest BCUT2D eigenvalue weighted by atomic mass is 9.56. The number of ether oxygens (including phenoxy) is 1. The molecule has 5 rings (SSSR count). The topological polar surface area (TPSA) is 58.6 Å². The maximum Gasteiger partial charge on any atom is 0.318 e. The maximum atomic E-state index is 13.2. The van der Waals surface area contributed by atoms with Gasteiger partial charge in [0.15, 0.2) is 5.78 Å². The number of piperidine rings is 1. The summed E-state index contributed by atoms with van der Waals surface area (Å²) in [6.45, 7) is 2.07. The van der Waals surface area contributed by atoms with Crippen LogP contribution in [0.4, 0.5) is 5.69 Å². The first-order valence-electron chi connectivity index (χ1n) is 8.90. The maximum absolute atomic E-state index is 13.2. The Hall–Kier alpha value is -1.88. The second kappa shape index (κ2) is 4.82. The van der Waals surface area contributed by atoms with Crippen LogP contribution >= 0.6 is 0 Å². The minimum absolute atomic E-state index is 0.0467. The molecule has 24 heavy (non-hydrogen) atoms. The molecule has 2 saturated heterocycles. The number of esters is 1. The van der Waals surface area contributed by atoms with Crippen LogP contribution < -0.4 is 5.32 Å². The third kappa shape index (κ3) is 1.54. The van der Waals surface area contributed by atoms with Crippen LogP contribution in [-0.2, 0) is 19.7 Å². The normalized spacial score (nSPS) is 39.6. The number of benzene rings is 1. The summed E-state index contributed by atoms with van der Waals surface area (Å²) in [6, 6.07) is 8.38. The molecule has 0 amide bonds. The molecule has 3 fully saturated rings. The molecule has 5 nitrogen and oxygen atoms in total. The Balaban J connectivity index is 1.73. The number of Topliss-reactive ketones (excluding diaryl/α,β-unsaturated/α-hetero) is 1. The summed E-state index contributed by atoms with van der Waals surface area (Å²) in [4.78, 5) is 28.2. The zero-order valence-corrected chi connectivity index (χ0v) is 13.8. The van der Waals surface area contributed by atoms with Crippen LogP contribution in [0, 0.1) is 11.8 Å². The van der Waals surface area contributed by atoms with Gasteiger partial charge in [-0.25, -0.2) is 0 Å². The van der Waals surface area contributed by atoms with Crippen LogP contribution in [0.25, 0.3) is 0 Å². The molecule has 1 aromatic rings. The van der Waals surface area contributed by atoms with Gasteiger partial charge in [0, 0.05) is 23.1 Å². The largest absolute Gasteiger partial charge is 0.468 e. The first kappa shape index (κ1) is 14.5. The van der Waals surface area contributed by atoms with Crippen molar-refractivity contribution in [2.45, 2.75) is 36.8 Å². The molecule has 1 aliphatic carbocycles. The van der Waals surface area contributed by atoms with Gasteiger partial charge in [0.1, 0.15) is 5.92 Å². The summed E-state index contributed by atoms with van der Waals surface area (Å²) in [5, 5.41) is 3.54. The molecule has 1 N–H and O–H groups in total. The van der Waals surface area contributed by atoms with E-state index >= 15 is 0 Å². The van der Waals surface area contributed by atoms with Gasteiger partial charge in [-0.3, -0.25) is 14.5 Å². The Morgan fingerprint density at radius 1 is 1.33 bits per heavy atom. The average molecular weight is 326 g/mol. The molecule has 5 heteroatoms. The molecular weight excluding hydrogens is 304 g/mol. The Bertz CT molecular complexity index is 733. The van der Waals surface area contributed by atoms with Crippen molar-refractivity contribution in [3.8, 4) is 0 Å². The third-order valence-corrected chi connectivity index (χ3v) is 6.83. The molecule has 1 spiro atoms. The number of methoxy groups -OCH3 is 1. The number of fused-ring (bicyclic) bond motifs is 1. The molecular formula is C19H22N2O3. The zero-order chi connectivity index (χ0) is 16.5. The number of hydrogen-bond acceptors (Lipinski definition) is 5. The van der Waals surface area contributed by atoms with Crippen LogP contribution in [0.5, 0.6) is 0 Å². The van der Waals surface area contributed by atoms with Crippen molar-refractivity contribution >= 4 is 17.4 Å². The fourth-order valence-corrected chi connectivity index (χ4v) is 6.04. The monoisotopic (exact) mass is 326 g/mol. The van der Waals surface area contributed by atoms with E-state index in [2.05, 4.69) is 28.4 Å². The summed E-state index contributed by atoms with van der Waals surface area (Å²) < 4.78 is 5.04. The number of anilines is 1. The van der Waals surface area contributed by atoms with Crippen molar-refractivity contribution in [3.63, 3.8) is 0 Å². The molecule has 0 aromatic heterocycles. The van der Waals surface area contributed by atoms with E-state index in [4.69, 9.17) is 4.74 Å². The van der Waals surface area contributed by atoms with Crippen molar-refractivity contribution in [3.05, 3.63) is 29.8 Å². The van der Waals surface area contributed by atoms with E-state index in [1.165, 1.54) is 12.7 Å². The van der Waals surface area contributed by atoms with E-state index in [0.29, 0.717) is 0 Å². The summed E-state index contributed by atoms with van der Waals surface area (Å²) in [6.07, 6.45) is 2.93. The van der Waals surface area contributed by atoms with E-state index in [9.17, 15) is 9.59 Å². The van der Waals surface area contributed by atoms with Crippen molar-refractivity contribution in [1.82, 2.24) is 4.90 Å². The predicted octanol–water partition coefficient (Wildman–Crippen LogP) is 1.57. The number of nitrogens with zero attached hydrogens (tertiary/aromatic N) is 1. The standard InChI is InChI=1S/C19H22N2O3/c1-24-18(23)14-15(22)11-5-4-9-21-10-8-19(17(11)21)12-6-2-3-7-13(12)20-16(14)19/h2-3,6-7,11,14,16-17,20H,4-5,8-10H2,1H3/t11-,14-,16-,17-,19-/m1/s1. The van der Waals surface area contributed by atoms with Crippen molar-refractivity contribution in [2.24, 2.45) is 11.8 Å². The molecule has 0 unspecified atom stereocenters. The minimum atomic E-state index is -0.693. The van der Waals surface area contributed by atoms with Crippen molar-refractivity contribution in [2.75, 3.05) is 25.5 Å². The van der Waals surface area contributed by atoms with Crippen molar-refractivity contribution < 1.29 is 14.3 Å². The Kier molecular flexibility index (Phi) is 2.90. The first-order valence-corrected chi connectivity index (χ1v) is 8.90. The molecule has 126 valence electrons. The zero-order valence-electron chi connectivity index (χ0n) is 13.8. The molecule has 0 radical (unpaired) electrons. The van der Waals surface area contributed by atoms with E-state index < -0.39 is 5.92 Å². The van der Waals surface area contributed by atoms with Crippen LogP contribution in [-0.4, -0.2) is 48.9 Å². The Morgan fingerprint density at radius 3 is 3.00 bits per heavy atom. The number of para-hydroxylation sites is 1. The third-order valence-electron chi connectivity index (χ3n) is 6.83. The van der Waals surface area contributed by atoms with E-state index in [-0.39, 0.29) is 35.2 Å². The van der Waals surface area contributed by atoms with Gasteiger partial charge in [0.2, 0.25) is 0 Å². The molecule has 0 bridgehead atoms. The van der Waals surface area contributed by atoms with Gasteiger partial charge in [-0.05, 0) is 44.0 Å². The fraction of sp³-hybridized carbons (Fsp3) is 0.579. The molecule has 5 atom stereocenters. The van der Waals surface area contributed by atoms with Crippen LogP contribution in [0.2, 0.25) is 0 Å². The van der Waals surface area contributed by atoms with Gasteiger partial charge in [0.05, 0.1) is 13.2 Å². The van der Waals surface area contributed by atoms with Gasteiger partial charge < -0.3 is 10.1 Å². The SMILES string of the molecule is COC(=O)[C@@H]1C(=O)[C@H]2CCCN3CC[C@]4(c5ccccc5N[C@H]14)[C@@H]23. The number of rotatable bonds is 1.